The first-order chi connectivity index (χ1) is 20.5. The second kappa shape index (κ2) is 10.1. The molecular formula is C32H26O11. The number of aromatic hydroxyl groups is 3. The van der Waals surface area contributed by atoms with Crippen molar-refractivity contribution in [1.82, 2.24) is 0 Å². The number of carbonyl (C=O) groups is 1. The topological polar surface area (TPSA) is 165 Å². The summed E-state index contributed by atoms with van der Waals surface area (Å²) in [5, 5.41) is 44.0. The molecule has 0 saturated carbocycles. The number of ether oxygens (including phenoxy) is 4. The van der Waals surface area contributed by atoms with E-state index in [9.17, 15) is 30.0 Å². The van der Waals surface area contributed by atoms with Crippen LogP contribution in [-0.4, -0.2) is 40.6 Å². The third-order valence-electron chi connectivity index (χ3n) is 7.34. The van der Waals surface area contributed by atoms with Crippen molar-refractivity contribution >= 4 is 27.9 Å². The molecule has 0 radical (unpaired) electrons. The van der Waals surface area contributed by atoms with E-state index in [1.54, 1.807) is 19.9 Å². The van der Waals surface area contributed by atoms with Crippen LogP contribution in [0.1, 0.15) is 44.8 Å². The van der Waals surface area contributed by atoms with E-state index in [0.717, 1.165) is 0 Å². The maximum Gasteiger partial charge on any atom is 0.346 e. The smallest absolute Gasteiger partial charge is 0.346 e. The molecule has 4 aromatic carbocycles. The zero-order valence-corrected chi connectivity index (χ0v) is 23.4. The lowest BCUT2D eigenvalue weighted by molar-refractivity contribution is -0.0204. The molecule has 11 nitrogen and oxygen atoms in total. The number of rotatable bonds is 3. The van der Waals surface area contributed by atoms with Crippen LogP contribution in [0.4, 0.5) is 0 Å². The number of hydrogen-bond donors (Lipinski definition) is 4. The fraction of sp³-hybridized carbons (Fsp3) is 0.188. The lowest BCUT2D eigenvalue weighted by Crippen LogP contribution is -2.20. The Morgan fingerprint density at radius 2 is 1.35 bits per heavy atom. The molecule has 4 N–H and O–H groups in total. The Bertz CT molecular complexity index is 2030. The number of hydrogen-bond acceptors (Lipinski definition) is 11. The number of aryl methyl sites for hydroxylation is 2. The molecule has 0 unspecified atom stereocenters. The van der Waals surface area contributed by atoms with Gasteiger partial charge >= 0.3 is 5.97 Å². The van der Waals surface area contributed by atoms with Gasteiger partial charge in [-0.15, -0.1) is 0 Å². The summed E-state index contributed by atoms with van der Waals surface area (Å²) in [5.74, 6) is -2.33. The molecular weight excluding hydrogens is 560 g/mol. The summed E-state index contributed by atoms with van der Waals surface area (Å²) in [6, 6.07) is 11.3. The Balaban J connectivity index is 1.71. The van der Waals surface area contributed by atoms with Crippen LogP contribution in [0, 0.1) is 13.8 Å². The Labute approximate surface area is 243 Å². The van der Waals surface area contributed by atoms with Gasteiger partial charge in [-0.1, -0.05) is 0 Å². The maximum absolute atomic E-state index is 14.0. The van der Waals surface area contributed by atoms with Crippen molar-refractivity contribution in [2.24, 2.45) is 0 Å². The van der Waals surface area contributed by atoms with Gasteiger partial charge in [-0.3, -0.25) is 4.79 Å². The van der Waals surface area contributed by atoms with Crippen molar-refractivity contribution in [3.05, 3.63) is 86.6 Å². The van der Waals surface area contributed by atoms with Gasteiger partial charge in [-0.25, -0.2) is 4.79 Å². The van der Waals surface area contributed by atoms with Gasteiger partial charge in [0.05, 0.1) is 19.6 Å². The minimum Gasteiger partial charge on any atom is -0.507 e. The molecule has 0 amide bonds. The first-order valence-electron chi connectivity index (χ1n) is 13.1. The molecule has 11 heteroatoms. The first kappa shape index (κ1) is 27.7. The second-order valence-corrected chi connectivity index (χ2v) is 10.3. The molecule has 1 aliphatic rings. The number of aliphatic hydroxyl groups excluding tert-OH is 1. The summed E-state index contributed by atoms with van der Waals surface area (Å²) in [7, 11) is 2.74. The van der Waals surface area contributed by atoms with Crippen LogP contribution in [0.2, 0.25) is 0 Å². The Morgan fingerprint density at radius 1 is 0.721 bits per heavy atom. The second-order valence-electron chi connectivity index (χ2n) is 10.3. The first-order valence-corrected chi connectivity index (χ1v) is 13.1. The molecule has 220 valence electrons. The molecule has 6 rings (SSSR count). The molecule has 1 aromatic heterocycles. The van der Waals surface area contributed by atoms with Crippen molar-refractivity contribution in [2.75, 3.05) is 14.2 Å². The van der Waals surface area contributed by atoms with Crippen molar-refractivity contribution in [3.8, 4) is 40.2 Å². The van der Waals surface area contributed by atoms with E-state index in [2.05, 4.69) is 0 Å². The van der Waals surface area contributed by atoms with Gasteiger partial charge in [0.1, 0.15) is 57.0 Å². The standard InChI is InChI=1S/C32H26O11/c1-13-5-19(33)26-22(7-13)41-24-12-16(40-4)9-17(25(24)29(26)37)31-28(36)18-10-15(39-3)11-21(35)30(18)42-23-8-14(2)6-20(34)27(23)32(38)43-31/h5-12,28,31,33-36H,1-4H3/t28-,31+/m1/s1. The van der Waals surface area contributed by atoms with Gasteiger partial charge in [0.15, 0.2) is 17.6 Å². The highest BCUT2D eigenvalue weighted by molar-refractivity contribution is 5.98. The van der Waals surface area contributed by atoms with Crippen LogP contribution in [-0.2, 0) is 4.74 Å². The lowest BCUT2D eigenvalue weighted by atomic mass is 9.93. The molecule has 0 aliphatic carbocycles. The Kier molecular flexibility index (Phi) is 6.54. The Hall–Kier alpha value is -5.42. The third-order valence-corrected chi connectivity index (χ3v) is 7.34. The van der Waals surface area contributed by atoms with E-state index >= 15 is 0 Å². The number of benzene rings is 4. The van der Waals surface area contributed by atoms with Gasteiger partial charge in [-0.05, 0) is 61.4 Å². The number of phenols is 3. The zero-order chi connectivity index (χ0) is 30.7. The summed E-state index contributed by atoms with van der Waals surface area (Å²) >= 11 is 0. The van der Waals surface area contributed by atoms with Crippen molar-refractivity contribution in [1.29, 1.82) is 0 Å². The van der Waals surface area contributed by atoms with Crippen LogP contribution >= 0.6 is 0 Å². The average molecular weight is 587 g/mol. The van der Waals surface area contributed by atoms with Crippen LogP contribution in [0.3, 0.4) is 0 Å². The highest BCUT2D eigenvalue weighted by Gasteiger charge is 2.37. The number of esters is 1. The van der Waals surface area contributed by atoms with Gasteiger partial charge in [0.25, 0.3) is 0 Å². The zero-order valence-electron chi connectivity index (χ0n) is 23.4. The van der Waals surface area contributed by atoms with E-state index in [4.69, 9.17) is 23.4 Å². The summed E-state index contributed by atoms with van der Waals surface area (Å²) < 4.78 is 28.6. The average Bonchev–Trinajstić information content (AvgIpc) is 2.98. The quantitative estimate of drug-likeness (QED) is 0.157. The van der Waals surface area contributed by atoms with Crippen molar-refractivity contribution in [2.45, 2.75) is 26.1 Å². The Morgan fingerprint density at radius 3 is 2.07 bits per heavy atom. The molecule has 2 heterocycles. The highest BCUT2D eigenvalue weighted by atomic mass is 16.6. The molecule has 0 fully saturated rings. The van der Waals surface area contributed by atoms with Crippen LogP contribution in [0.25, 0.3) is 21.9 Å². The van der Waals surface area contributed by atoms with Crippen LogP contribution < -0.4 is 19.6 Å². The predicted molar refractivity (Wildman–Crippen MR) is 154 cm³/mol. The van der Waals surface area contributed by atoms with E-state index < -0.39 is 35.1 Å². The van der Waals surface area contributed by atoms with E-state index in [1.165, 1.54) is 56.7 Å². The molecule has 5 aromatic rings. The number of fused-ring (bicyclic) bond motifs is 4. The SMILES string of the molecule is COc1cc(O)c2c(c1)[C@@H](O)[C@H](c1cc(OC)cc3oc4cc(C)cc(O)c4c(=O)c13)OC(=O)c1c(O)cc(C)cc1O2. The normalized spacial score (nSPS) is 16.3. The number of carbonyl (C=O) groups excluding carboxylic acids is 1. The van der Waals surface area contributed by atoms with E-state index in [-0.39, 0.29) is 67.4 Å². The summed E-state index contributed by atoms with van der Waals surface area (Å²) in [5.41, 5.74) is 0.218. The number of aliphatic hydroxyl groups is 1. The summed E-state index contributed by atoms with van der Waals surface area (Å²) in [6.07, 6.45) is -3.42. The lowest BCUT2D eigenvalue weighted by Gasteiger charge is -2.25. The fourth-order valence-electron chi connectivity index (χ4n) is 5.39. The molecule has 1 aliphatic heterocycles. The minimum absolute atomic E-state index is 0.0313. The van der Waals surface area contributed by atoms with E-state index in [0.29, 0.717) is 11.1 Å². The van der Waals surface area contributed by atoms with Crippen molar-refractivity contribution < 1.29 is 48.6 Å². The fourth-order valence-corrected chi connectivity index (χ4v) is 5.39. The van der Waals surface area contributed by atoms with Crippen LogP contribution in [0.5, 0.6) is 40.2 Å². The summed E-state index contributed by atoms with van der Waals surface area (Å²) in [4.78, 5) is 27.7. The minimum atomic E-state index is -1.77. The summed E-state index contributed by atoms with van der Waals surface area (Å²) in [6.45, 7) is 3.39. The van der Waals surface area contributed by atoms with Crippen molar-refractivity contribution in [3.63, 3.8) is 0 Å². The highest BCUT2D eigenvalue weighted by Crippen LogP contribution is 2.49. The molecule has 0 saturated heterocycles. The number of cyclic esters (lactones) is 1. The molecule has 0 bridgehead atoms. The van der Waals surface area contributed by atoms with Gasteiger partial charge in [-0.2, -0.15) is 0 Å². The number of methoxy groups -OCH3 is 2. The van der Waals surface area contributed by atoms with E-state index in [1.807, 2.05) is 0 Å². The maximum atomic E-state index is 14.0. The molecule has 0 spiro atoms. The van der Waals surface area contributed by atoms with Crippen LogP contribution in [0.15, 0.2) is 57.7 Å². The number of phenolic OH excluding ortho intramolecular Hbond substituents is 3. The third kappa shape index (κ3) is 4.50. The monoisotopic (exact) mass is 586 g/mol. The largest absolute Gasteiger partial charge is 0.507 e. The molecule has 43 heavy (non-hydrogen) atoms. The van der Waals surface area contributed by atoms with Gasteiger partial charge in [0.2, 0.25) is 5.43 Å². The van der Waals surface area contributed by atoms with Gasteiger partial charge in [0, 0.05) is 23.3 Å². The predicted octanol–water partition coefficient (Wildman–Crippen LogP) is 5.43. The van der Waals surface area contributed by atoms with Gasteiger partial charge < -0.3 is 43.8 Å². The molecule has 2 atom stereocenters.